The lowest BCUT2D eigenvalue weighted by molar-refractivity contribution is -0.119. The van der Waals surface area contributed by atoms with E-state index < -0.39 is 10.0 Å². The number of nitrogens with zero attached hydrogens (tertiary/aromatic N) is 2. The summed E-state index contributed by atoms with van der Waals surface area (Å²) in [7, 11) is -3.93. The lowest BCUT2D eigenvalue weighted by Crippen LogP contribution is -2.41. The number of carbonyl (C=O) groups is 1. The molecule has 7 heteroatoms. The van der Waals surface area contributed by atoms with Crippen molar-refractivity contribution in [1.29, 1.82) is 0 Å². The Balaban J connectivity index is 1.52. The maximum atomic E-state index is 13.6. The van der Waals surface area contributed by atoms with Crippen molar-refractivity contribution >= 4 is 21.6 Å². The topological polar surface area (TPSA) is 69.7 Å². The Morgan fingerprint density at radius 2 is 1.47 bits per heavy atom. The largest absolute Gasteiger partial charge is 0.350 e. The van der Waals surface area contributed by atoms with Gasteiger partial charge in [-0.05, 0) is 86.3 Å². The van der Waals surface area contributed by atoms with Crippen LogP contribution >= 0.6 is 0 Å². The molecular weight excluding hydrogens is 470 g/mol. The molecule has 0 aromatic heterocycles. The van der Waals surface area contributed by atoms with E-state index in [-0.39, 0.29) is 17.3 Å². The second-order valence-corrected chi connectivity index (χ2v) is 11.4. The van der Waals surface area contributed by atoms with E-state index in [9.17, 15) is 13.2 Å². The third-order valence-corrected chi connectivity index (χ3v) is 8.34. The van der Waals surface area contributed by atoms with Gasteiger partial charge in [0, 0.05) is 13.1 Å². The van der Waals surface area contributed by atoms with Crippen LogP contribution in [-0.4, -0.2) is 38.9 Å². The number of hydrogen-bond acceptors (Lipinski definition) is 4. The smallest absolute Gasteiger partial charge is 0.264 e. The molecule has 1 aliphatic rings. The molecule has 0 atom stereocenters. The van der Waals surface area contributed by atoms with Crippen LogP contribution in [0, 0.1) is 13.8 Å². The number of rotatable bonds is 9. The molecule has 1 heterocycles. The first-order valence-corrected chi connectivity index (χ1v) is 14.0. The van der Waals surface area contributed by atoms with Crippen LogP contribution in [0.1, 0.15) is 41.5 Å². The van der Waals surface area contributed by atoms with Crippen LogP contribution in [0.5, 0.6) is 0 Å². The van der Waals surface area contributed by atoms with Gasteiger partial charge in [0.05, 0.1) is 10.6 Å². The summed E-state index contributed by atoms with van der Waals surface area (Å²) < 4.78 is 28.4. The highest BCUT2D eigenvalue weighted by Crippen LogP contribution is 2.26. The quantitative estimate of drug-likeness (QED) is 0.454. The van der Waals surface area contributed by atoms with Gasteiger partial charge in [0.2, 0.25) is 5.91 Å². The van der Waals surface area contributed by atoms with Crippen molar-refractivity contribution in [3.8, 4) is 0 Å². The number of piperidine rings is 1. The zero-order valence-electron chi connectivity index (χ0n) is 21.1. The van der Waals surface area contributed by atoms with Gasteiger partial charge in [-0.25, -0.2) is 8.42 Å². The molecule has 3 aromatic carbocycles. The number of carbonyl (C=O) groups excluding carboxylic acids is 1. The van der Waals surface area contributed by atoms with Gasteiger partial charge in [0.25, 0.3) is 10.0 Å². The van der Waals surface area contributed by atoms with E-state index in [2.05, 4.69) is 16.3 Å². The number of nitrogens with one attached hydrogen (secondary N) is 1. The lowest BCUT2D eigenvalue weighted by Gasteiger charge is -2.27. The summed E-state index contributed by atoms with van der Waals surface area (Å²) in [5, 5.41) is 2.97. The highest BCUT2D eigenvalue weighted by Gasteiger charge is 2.27. The SMILES string of the molecule is Cc1cc(C)cc(N(CC(=O)NCc2ccccc2CN2CCCCC2)S(=O)(=O)c2ccccc2)c1. The minimum Gasteiger partial charge on any atom is -0.350 e. The van der Waals surface area contributed by atoms with Crippen molar-refractivity contribution in [2.75, 3.05) is 23.9 Å². The molecule has 0 spiro atoms. The van der Waals surface area contributed by atoms with Gasteiger partial charge in [-0.3, -0.25) is 14.0 Å². The molecule has 1 N–H and O–H groups in total. The van der Waals surface area contributed by atoms with Gasteiger partial charge in [-0.2, -0.15) is 0 Å². The van der Waals surface area contributed by atoms with Crippen LogP contribution in [-0.2, 0) is 27.9 Å². The van der Waals surface area contributed by atoms with Crippen molar-refractivity contribution in [2.24, 2.45) is 0 Å². The molecule has 0 unspecified atom stereocenters. The Kier molecular flexibility index (Phi) is 8.44. The summed E-state index contributed by atoms with van der Waals surface area (Å²) in [4.78, 5) is 15.7. The average molecular weight is 506 g/mol. The van der Waals surface area contributed by atoms with E-state index in [0.29, 0.717) is 12.2 Å². The number of aryl methyl sites for hydroxylation is 2. The molecule has 1 saturated heterocycles. The predicted octanol–water partition coefficient (Wildman–Crippen LogP) is 4.80. The number of amides is 1. The first-order chi connectivity index (χ1) is 17.3. The second kappa shape index (κ2) is 11.7. The molecule has 1 amide bonds. The molecule has 4 rings (SSSR count). The van der Waals surface area contributed by atoms with Gasteiger partial charge < -0.3 is 5.32 Å². The van der Waals surface area contributed by atoms with Gasteiger partial charge in [0.1, 0.15) is 6.54 Å². The van der Waals surface area contributed by atoms with E-state index in [1.54, 1.807) is 42.5 Å². The van der Waals surface area contributed by atoms with Crippen LogP contribution in [0.4, 0.5) is 5.69 Å². The third kappa shape index (κ3) is 6.53. The Labute approximate surface area is 215 Å². The lowest BCUT2D eigenvalue weighted by atomic mass is 10.0. The zero-order valence-corrected chi connectivity index (χ0v) is 21.9. The molecule has 36 heavy (non-hydrogen) atoms. The third-order valence-electron chi connectivity index (χ3n) is 6.55. The molecule has 0 radical (unpaired) electrons. The van der Waals surface area contributed by atoms with Crippen molar-refractivity contribution in [1.82, 2.24) is 10.2 Å². The molecule has 1 fully saturated rings. The fourth-order valence-electron chi connectivity index (χ4n) is 4.75. The highest BCUT2D eigenvalue weighted by molar-refractivity contribution is 7.92. The molecular formula is C29H35N3O3S. The van der Waals surface area contributed by atoms with E-state index in [1.165, 1.54) is 29.1 Å². The number of sulfonamides is 1. The van der Waals surface area contributed by atoms with Crippen LogP contribution < -0.4 is 9.62 Å². The monoisotopic (exact) mass is 505 g/mol. The first kappa shape index (κ1) is 25.9. The summed E-state index contributed by atoms with van der Waals surface area (Å²) in [6.07, 6.45) is 3.74. The van der Waals surface area contributed by atoms with Crippen LogP contribution in [0.25, 0.3) is 0 Å². The number of hydrogen-bond donors (Lipinski definition) is 1. The van der Waals surface area contributed by atoms with Crippen LogP contribution in [0.2, 0.25) is 0 Å². The minimum atomic E-state index is -3.93. The summed E-state index contributed by atoms with van der Waals surface area (Å²) >= 11 is 0. The normalized spacial score (nSPS) is 14.4. The molecule has 0 saturated carbocycles. The fraction of sp³-hybridized carbons (Fsp3) is 0.345. The fourth-order valence-corrected chi connectivity index (χ4v) is 6.18. The van der Waals surface area contributed by atoms with Crippen molar-refractivity contribution in [2.45, 2.75) is 51.1 Å². The molecule has 1 aliphatic heterocycles. The van der Waals surface area contributed by atoms with Crippen LogP contribution in [0.3, 0.4) is 0 Å². The molecule has 3 aromatic rings. The average Bonchev–Trinajstić information content (AvgIpc) is 2.87. The van der Waals surface area contributed by atoms with Gasteiger partial charge >= 0.3 is 0 Å². The van der Waals surface area contributed by atoms with Crippen molar-refractivity contribution in [3.05, 3.63) is 95.1 Å². The Morgan fingerprint density at radius 1 is 0.861 bits per heavy atom. The van der Waals surface area contributed by atoms with Crippen molar-refractivity contribution in [3.63, 3.8) is 0 Å². The molecule has 0 aliphatic carbocycles. The molecule has 190 valence electrons. The minimum absolute atomic E-state index is 0.156. The predicted molar refractivity (Wildman–Crippen MR) is 144 cm³/mol. The number of likely N-dealkylation sites (tertiary alicyclic amines) is 1. The first-order valence-electron chi connectivity index (χ1n) is 12.5. The summed E-state index contributed by atoms with van der Waals surface area (Å²) in [5.74, 6) is -0.346. The standard InChI is InChI=1S/C29H35N3O3S/c1-23-17-24(2)19-27(18-23)32(36(34,35)28-13-5-3-6-14-28)22-29(33)30-20-25-11-7-8-12-26(25)21-31-15-9-4-10-16-31/h3,5-8,11-14,17-19H,4,9-10,15-16,20-22H2,1-2H3,(H,30,33). The maximum absolute atomic E-state index is 13.6. The van der Waals surface area contributed by atoms with E-state index in [4.69, 9.17) is 0 Å². The summed E-state index contributed by atoms with van der Waals surface area (Å²) in [5.41, 5.74) is 4.61. The van der Waals surface area contributed by atoms with E-state index in [1.807, 2.05) is 38.1 Å². The molecule has 0 bridgehead atoms. The maximum Gasteiger partial charge on any atom is 0.264 e. The summed E-state index contributed by atoms with van der Waals surface area (Å²) in [6.45, 7) is 6.96. The van der Waals surface area contributed by atoms with E-state index >= 15 is 0 Å². The second-order valence-electron chi connectivity index (χ2n) is 9.55. The summed E-state index contributed by atoms with van der Waals surface area (Å²) in [6, 6.07) is 22.0. The van der Waals surface area contributed by atoms with Gasteiger partial charge in [0.15, 0.2) is 0 Å². The Hall–Kier alpha value is -3.16. The van der Waals surface area contributed by atoms with E-state index in [0.717, 1.165) is 36.3 Å². The number of benzene rings is 3. The Bertz CT molecular complexity index is 1270. The number of anilines is 1. The zero-order chi connectivity index (χ0) is 25.5. The van der Waals surface area contributed by atoms with Crippen molar-refractivity contribution < 1.29 is 13.2 Å². The Morgan fingerprint density at radius 3 is 2.14 bits per heavy atom. The molecule has 6 nitrogen and oxygen atoms in total. The van der Waals surface area contributed by atoms with Gasteiger partial charge in [-0.1, -0.05) is 55.0 Å². The highest BCUT2D eigenvalue weighted by atomic mass is 32.2. The van der Waals surface area contributed by atoms with Gasteiger partial charge in [-0.15, -0.1) is 0 Å². The van der Waals surface area contributed by atoms with Crippen LogP contribution in [0.15, 0.2) is 77.7 Å².